The maximum absolute atomic E-state index is 12.4. The number of para-hydroxylation sites is 1. The lowest BCUT2D eigenvalue weighted by Gasteiger charge is -1.97. The maximum atomic E-state index is 12.4. The summed E-state index contributed by atoms with van der Waals surface area (Å²) < 4.78 is 5.26. The van der Waals surface area contributed by atoms with Crippen LogP contribution in [-0.2, 0) is 0 Å². The average molecular weight is 238 g/mol. The summed E-state index contributed by atoms with van der Waals surface area (Å²) in [5.41, 5.74) is 0.564. The Morgan fingerprint density at radius 3 is 2.72 bits per heavy atom. The molecule has 3 rings (SSSR count). The number of aromatic nitrogens is 2. The minimum absolute atomic E-state index is 0.0567. The van der Waals surface area contributed by atoms with Gasteiger partial charge in [-0.1, -0.05) is 12.1 Å². The Labute approximate surface area is 103 Å². The molecule has 0 aliphatic carbocycles. The molecule has 0 bridgehead atoms. The lowest BCUT2D eigenvalue weighted by Crippen LogP contribution is -1.98. The quantitative estimate of drug-likeness (QED) is 0.651. The Kier molecular flexibility index (Phi) is 2.41. The second-order valence-corrected chi connectivity index (χ2v) is 3.89. The van der Waals surface area contributed by atoms with Crippen LogP contribution >= 0.6 is 0 Å². The first-order valence-electron chi connectivity index (χ1n) is 5.52. The highest BCUT2D eigenvalue weighted by molar-refractivity contribution is 5.93. The van der Waals surface area contributed by atoms with Crippen molar-refractivity contribution in [2.45, 2.75) is 0 Å². The monoisotopic (exact) mass is 238 g/mol. The largest absolute Gasteiger partial charge is 0.480 e. The molecule has 88 valence electrons. The Morgan fingerprint density at radius 2 is 1.89 bits per heavy atom. The van der Waals surface area contributed by atoms with Crippen LogP contribution in [0.2, 0.25) is 0 Å². The van der Waals surface area contributed by atoms with Crippen molar-refractivity contribution in [3.05, 3.63) is 52.9 Å². The lowest BCUT2D eigenvalue weighted by molar-refractivity contribution is 0.405. The molecule has 0 spiro atoms. The van der Waals surface area contributed by atoms with Crippen molar-refractivity contribution in [1.82, 2.24) is 9.97 Å². The molecule has 3 aromatic rings. The molecule has 0 amide bonds. The second-order valence-electron chi connectivity index (χ2n) is 3.89. The fourth-order valence-electron chi connectivity index (χ4n) is 2.00. The van der Waals surface area contributed by atoms with Gasteiger partial charge in [-0.05, 0) is 18.2 Å². The number of hydrogen-bond donors (Lipinski definition) is 0. The third-order valence-corrected chi connectivity index (χ3v) is 2.86. The first-order valence-corrected chi connectivity index (χ1v) is 5.52. The van der Waals surface area contributed by atoms with Crippen LogP contribution in [0.1, 0.15) is 0 Å². The SMILES string of the molecule is COc1nc2ccccc2c(=O)c2ccncc12. The van der Waals surface area contributed by atoms with E-state index in [0.29, 0.717) is 27.6 Å². The first kappa shape index (κ1) is 10.7. The van der Waals surface area contributed by atoms with Crippen LogP contribution in [0.5, 0.6) is 5.88 Å². The van der Waals surface area contributed by atoms with E-state index in [1.54, 1.807) is 30.6 Å². The van der Waals surface area contributed by atoms with E-state index in [-0.39, 0.29) is 5.43 Å². The summed E-state index contributed by atoms with van der Waals surface area (Å²) in [6, 6.07) is 8.92. The zero-order chi connectivity index (χ0) is 12.5. The van der Waals surface area contributed by atoms with Gasteiger partial charge in [0.25, 0.3) is 0 Å². The molecule has 2 aromatic heterocycles. The zero-order valence-electron chi connectivity index (χ0n) is 9.75. The molecule has 1 aromatic carbocycles. The first-order chi connectivity index (χ1) is 8.81. The Morgan fingerprint density at radius 1 is 1.06 bits per heavy atom. The molecule has 2 heterocycles. The number of benzene rings is 1. The van der Waals surface area contributed by atoms with Crippen molar-refractivity contribution in [2.24, 2.45) is 0 Å². The highest BCUT2D eigenvalue weighted by atomic mass is 16.5. The number of rotatable bonds is 1. The fraction of sp³-hybridized carbons (Fsp3) is 0.0714. The maximum Gasteiger partial charge on any atom is 0.223 e. The van der Waals surface area contributed by atoms with Crippen molar-refractivity contribution in [1.29, 1.82) is 0 Å². The van der Waals surface area contributed by atoms with Crippen LogP contribution in [-0.4, -0.2) is 17.1 Å². The Hall–Kier alpha value is -2.49. The highest BCUT2D eigenvalue weighted by Crippen LogP contribution is 2.21. The third kappa shape index (κ3) is 1.50. The van der Waals surface area contributed by atoms with Gasteiger partial charge in [-0.2, -0.15) is 0 Å². The number of hydrogen-bond acceptors (Lipinski definition) is 4. The molecule has 0 N–H and O–H groups in total. The van der Waals surface area contributed by atoms with Gasteiger partial charge in [-0.25, -0.2) is 4.98 Å². The fourth-order valence-corrected chi connectivity index (χ4v) is 2.00. The van der Waals surface area contributed by atoms with E-state index in [4.69, 9.17) is 4.74 Å². The number of pyridine rings is 1. The standard InChI is InChI=1S/C14H10N2O2/c1-18-14-11-8-15-7-6-9(11)13(17)10-4-2-3-5-12(10)16-14/h2-8H,1H3. The molecule has 0 aliphatic rings. The van der Waals surface area contributed by atoms with Crippen molar-refractivity contribution in [3.63, 3.8) is 0 Å². The molecule has 0 radical (unpaired) electrons. The summed E-state index contributed by atoms with van der Waals surface area (Å²) >= 11 is 0. The Bertz CT molecular complexity index is 800. The van der Waals surface area contributed by atoms with E-state index in [9.17, 15) is 4.79 Å². The number of methoxy groups -OCH3 is 1. The van der Waals surface area contributed by atoms with Gasteiger partial charge in [0.15, 0.2) is 5.43 Å². The van der Waals surface area contributed by atoms with Crippen LogP contribution in [0.4, 0.5) is 0 Å². The molecular formula is C14H10N2O2. The van der Waals surface area contributed by atoms with Crippen LogP contribution < -0.4 is 10.2 Å². The number of ether oxygens (including phenoxy) is 1. The van der Waals surface area contributed by atoms with Crippen LogP contribution in [0.15, 0.2) is 47.5 Å². The topological polar surface area (TPSA) is 52.1 Å². The number of nitrogens with zero attached hydrogens (tertiary/aromatic N) is 2. The summed E-state index contributed by atoms with van der Waals surface area (Å²) in [6.07, 6.45) is 3.19. The van der Waals surface area contributed by atoms with E-state index >= 15 is 0 Å². The van der Waals surface area contributed by atoms with Crippen LogP contribution in [0.3, 0.4) is 0 Å². The minimum atomic E-state index is -0.0567. The normalized spacial score (nSPS) is 10.7. The molecule has 4 heteroatoms. The average Bonchev–Trinajstić information content (AvgIpc) is 2.55. The van der Waals surface area contributed by atoms with E-state index in [2.05, 4.69) is 9.97 Å². The Balaban J connectivity index is 2.69. The summed E-state index contributed by atoms with van der Waals surface area (Å²) in [6.45, 7) is 0. The molecular weight excluding hydrogens is 228 g/mol. The molecule has 0 atom stereocenters. The minimum Gasteiger partial charge on any atom is -0.480 e. The van der Waals surface area contributed by atoms with Crippen molar-refractivity contribution in [2.75, 3.05) is 7.11 Å². The molecule has 0 unspecified atom stereocenters. The third-order valence-electron chi connectivity index (χ3n) is 2.86. The lowest BCUT2D eigenvalue weighted by atomic mass is 10.2. The molecule has 0 saturated heterocycles. The van der Waals surface area contributed by atoms with Gasteiger partial charge in [-0.15, -0.1) is 0 Å². The summed E-state index contributed by atoms with van der Waals surface area (Å²) in [5.74, 6) is 0.413. The van der Waals surface area contributed by atoms with Gasteiger partial charge in [0.1, 0.15) is 0 Å². The summed E-state index contributed by atoms with van der Waals surface area (Å²) in [4.78, 5) is 20.8. The summed E-state index contributed by atoms with van der Waals surface area (Å²) in [5, 5.41) is 1.77. The zero-order valence-corrected chi connectivity index (χ0v) is 9.75. The van der Waals surface area contributed by atoms with Crippen molar-refractivity contribution >= 4 is 21.7 Å². The molecule has 0 saturated carbocycles. The number of fused-ring (bicyclic) bond motifs is 2. The van der Waals surface area contributed by atoms with Gasteiger partial charge >= 0.3 is 0 Å². The van der Waals surface area contributed by atoms with E-state index < -0.39 is 0 Å². The van der Waals surface area contributed by atoms with E-state index in [1.807, 2.05) is 12.1 Å². The second kappa shape index (κ2) is 4.07. The van der Waals surface area contributed by atoms with Crippen molar-refractivity contribution < 1.29 is 4.74 Å². The van der Waals surface area contributed by atoms with Crippen LogP contribution in [0.25, 0.3) is 21.7 Å². The van der Waals surface area contributed by atoms with Gasteiger partial charge in [0, 0.05) is 23.2 Å². The van der Waals surface area contributed by atoms with Gasteiger partial charge in [-0.3, -0.25) is 9.78 Å². The van der Waals surface area contributed by atoms with Gasteiger partial charge < -0.3 is 4.74 Å². The predicted molar refractivity (Wildman–Crippen MR) is 69.9 cm³/mol. The van der Waals surface area contributed by atoms with Crippen LogP contribution in [0, 0.1) is 0 Å². The molecule has 4 nitrogen and oxygen atoms in total. The molecule has 0 fully saturated rings. The highest BCUT2D eigenvalue weighted by Gasteiger charge is 2.08. The van der Waals surface area contributed by atoms with Gasteiger partial charge in [0.2, 0.25) is 5.88 Å². The van der Waals surface area contributed by atoms with Crippen molar-refractivity contribution in [3.8, 4) is 5.88 Å². The molecule has 0 aliphatic heterocycles. The smallest absolute Gasteiger partial charge is 0.223 e. The van der Waals surface area contributed by atoms with E-state index in [0.717, 1.165) is 0 Å². The predicted octanol–water partition coefficient (Wildman–Crippen LogP) is 2.15. The molecule has 18 heavy (non-hydrogen) atoms. The van der Waals surface area contributed by atoms with E-state index in [1.165, 1.54) is 7.11 Å². The van der Waals surface area contributed by atoms with Gasteiger partial charge in [0.05, 0.1) is 18.0 Å². The summed E-state index contributed by atoms with van der Waals surface area (Å²) in [7, 11) is 1.54.